The molecule has 0 spiro atoms. The predicted molar refractivity (Wildman–Crippen MR) is 90.3 cm³/mol. The number of ether oxygens (including phenoxy) is 1. The second kappa shape index (κ2) is 6.48. The molecule has 3 heteroatoms. The van der Waals surface area contributed by atoms with Gasteiger partial charge < -0.3 is 9.30 Å². The van der Waals surface area contributed by atoms with E-state index in [4.69, 9.17) is 4.74 Å². The number of nitrogens with zero attached hydrogens (tertiary/aromatic N) is 2. The van der Waals surface area contributed by atoms with E-state index in [1.54, 1.807) is 0 Å². The van der Waals surface area contributed by atoms with Gasteiger partial charge >= 0.3 is 0 Å². The van der Waals surface area contributed by atoms with E-state index >= 15 is 0 Å². The van der Waals surface area contributed by atoms with E-state index in [-0.39, 0.29) is 0 Å². The third kappa shape index (κ3) is 2.89. The summed E-state index contributed by atoms with van der Waals surface area (Å²) < 4.78 is 8.17. The number of rotatable bonds is 6. The molecule has 1 aromatic heterocycles. The van der Waals surface area contributed by atoms with Gasteiger partial charge in [-0.3, -0.25) is 0 Å². The van der Waals surface area contributed by atoms with Crippen molar-refractivity contribution < 1.29 is 4.74 Å². The van der Waals surface area contributed by atoms with Crippen molar-refractivity contribution in [3.63, 3.8) is 0 Å². The van der Waals surface area contributed by atoms with Gasteiger partial charge in [-0.2, -0.15) is 0 Å². The van der Waals surface area contributed by atoms with Crippen molar-refractivity contribution in [2.45, 2.75) is 19.9 Å². The van der Waals surface area contributed by atoms with Crippen molar-refractivity contribution in [2.75, 3.05) is 6.61 Å². The first-order valence-corrected chi connectivity index (χ1v) is 7.53. The molecule has 0 aliphatic carbocycles. The van der Waals surface area contributed by atoms with Crippen molar-refractivity contribution in [1.82, 2.24) is 9.55 Å². The second-order valence-electron chi connectivity index (χ2n) is 5.25. The van der Waals surface area contributed by atoms with E-state index < -0.39 is 0 Å². The fraction of sp³-hybridized carbons (Fsp3) is 0.211. The number of para-hydroxylation sites is 3. The standard InChI is InChI=1S/C19H20N2O/c1-3-8-16-9-4-7-12-19(16)22-14-13-21-15(2)20-17-10-5-6-11-18(17)21/h3-7,9-12H,1,8,13-14H2,2H3. The first-order valence-electron chi connectivity index (χ1n) is 7.53. The summed E-state index contributed by atoms with van der Waals surface area (Å²) in [5, 5.41) is 0. The molecule has 0 aliphatic rings. The molecule has 0 amide bonds. The number of aromatic nitrogens is 2. The van der Waals surface area contributed by atoms with E-state index in [1.165, 1.54) is 5.56 Å². The third-order valence-electron chi connectivity index (χ3n) is 3.75. The zero-order chi connectivity index (χ0) is 15.4. The lowest BCUT2D eigenvalue weighted by Gasteiger charge is -2.12. The van der Waals surface area contributed by atoms with Gasteiger partial charge in [-0.15, -0.1) is 6.58 Å². The second-order valence-corrected chi connectivity index (χ2v) is 5.25. The molecule has 2 aromatic carbocycles. The van der Waals surface area contributed by atoms with Gasteiger partial charge in [0, 0.05) is 0 Å². The van der Waals surface area contributed by atoms with Crippen molar-refractivity contribution in [3.8, 4) is 5.75 Å². The number of allylic oxidation sites excluding steroid dienone is 1. The summed E-state index contributed by atoms with van der Waals surface area (Å²) in [6.07, 6.45) is 2.72. The highest BCUT2D eigenvalue weighted by atomic mass is 16.5. The number of imidazole rings is 1. The molecule has 3 aromatic rings. The molecule has 0 unspecified atom stereocenters. The summed E-state index contributed by atoms with van der Waals surface area (Å²) in [6, 6.07) is 16.3. The number of fused-ring (bicyclic) bond motifs is 1. The fourth-order valence-corrected chi connectivity index (χ4v) is 2.69. The smallest absolute Gasteiger partial charge is 0.122 e. The Morgan fingerprint density at radius 2 is 1.91 bits per heavy atom. The highest BCUT2D eigenvalue weighted by molar-refractivity contribution is 5.75. The maximum Gasteiger partial charge on any atom is 0.122 e. The highest BCUT2D eigenvalue weighted by Gasteiger charge is 2.07. The zero-order valence-electron chi connectivity index (χ0n) is 12.8. The van der Waals surface area contributed by atoms with Crippen LogP contribution >= 0.6 is 0 Å². The fourth-order valence-electron chi connectivity index (χ4n) is 2.69. The molecule has 3 rings (SSSR count). The van der Waals surface area contributed by atoms with Crippen LogP contribution in [0.25, 0.3) is 11.0 Å². The molecule has 22 heavy (non-hydrogen) atoms. The van der Waals surface area contributed by atoms with Crippen LogP contribution in [0.5, 0.6) is 5.75 Å². The minimum atomic E-state index is 0.620. The molecule has 0 fully saturated rings. The van der Waals surface area contributed by atoms with E-state index in [0.29, 0.717) is 6.61 Å². The van der Waals surface area contributed by atoms with Crippen LogP contribution in [0.2, 0.25) is 0 Å². The number of hydrogen-bond acceptors (Lipinski definition) is 2. The lowest BCUT2D eigenvalue weighted by Crippen LogP contribution is -2.10. The van der Waals surface area contributed by atoms with Crippen molar-refractivity contribution in [1.29, 1.82) is 0 Å². The largest absolute Gasteiger partial charge is 0.491 e. The predicted octanol–water partition coefficient (Wildman–Crippen LogP) is 4.15. The lowest BCUT2D eigenvalue weighted by atomic mass is 10.1. The minimum Gasteiger partial charge on any atom is -0.491 e. The number of aryl methyl sites for hydroxylation is 1. The van der Waals surface area contributed by atoms with Gasteiger partial charge in [0.2, 0.25) is 0 Å². The summed E-state index contributed by atoms with van der Waals surface area (Å²) in [6.45, 7) is 7.24. The molecule has 112 valence electrons. The molecule has 0 saturated carbocycles. The van der Waals surface area contributed by atoms with Crippen molar-refractivity contribution in [2.24, 2.45) is 0 Å². The normalized spacial score (nSPS) is 10.8. The minimum absolute atomic E-state index is 0.620. The summed E-state index contributed by atoms with van der Waals surface area (Å²) in [5.41, 5.74) is 3.36. The highest BCUT2D eigenvalue weighted by Crippen LogP contribution is 2.20. The lowest BCUT2D eigenvalue weighted by molar-refractivity contribution is 0.296. The Hall–Kier alpha value is -2.55. The Balaban J connectivity index is 1.73. The monoisotopic (exact) mass is 292 g/mol. The van der Waals surface area contributed by atoms with E-state index in [0.717, 1.165) is 35.6 Å². The van der Waals surface area contributed by atoms with Crippen LogP contribution in [0.3, 0.4) is 0 Å². The first kappa shape index (κ1) is 14.4. The van der Waals surface area contributed by atoms with Gasteiger partial charge in [-0.05, 0) is 37.1 Å². The van der Waals surface area contributed by atoms with Crippen molar-refractivity contribution >= 4 is 11.0 Å². The summed E-state index contributed by atoms with van der Waals surface area (Å²) in [7, 11) is 0. The van der Waals surface area contributed by atoms with Crippen LogP contribution in [-0.2, 0) is 13.0 Å². The van der Waals surface area contributed by atoms with Crippen LogP contribution in [0.15, 0.2) is 61.2 Å². The molecular formula is C19H20N2O. The van der Waals surface area contributed by atoms with E-state index in [9.17, 15) is 0 Å². The summed E-state index contributed by atoms with van der Waals surface area (Å²) in [4.78, 5) is 4.58. The van der Waals surface area contributed by atoms with Gasteiger partial charge in [0.15, 0.2) is 0 Å². The Morgan fingerprint density at radius 3 is 2.77 bits per heavy atom. The van der Waals surface area contributed by atoms with Gasteiger partial charge in [0.25, 0.3) is 0 Å². The molecule has 0 saturated heterocycles. The van der Waals surface area contributed by atoms with Crippen LogP contribution in [0.4, 0.5) is 0 Å². The number of benzene rings is 2. The molecule has 0 bridgehead atoms. The average molecular weight is 292 g/mol. The van der Waals surface area contributed by atoms with E-state index in [2.05, 4.69) is 28.3 Å². The quantitative estimate of drug-likeness (QED) is 0.638. The molecule has 1 heterocycles. The molecule has 0 N–H and O–H groups in total. The Labute approximate surface area is 130 Å². The molecule has 3 nitrogen and oxygen atoms in total. The Morgan fingerprint density at radius 1 is 1.14 bits per heavy atom. The summed E-state index contributed by atoms with van der Waals surface area (Å²) >= 11 is 0. The third-order valence-corrected chi connectivity index (χ3v) is 3.75. The van der Waals surface area contributed by atoms with E-state index in [1.807, 2.05) is 49.4 Å². The molecule has 0 radical (unpaired) electrons. The molecule has 0 aliphatic heterocycles. The number of hydrogen-bond donors (Lipinski definition) is 0. The molecule has 0 atom stereocenters. The first-order chi connectivity index (χ1) is 10.8. The average Bonchev–Trinajstić information content (AvgIpc) is 2.85. The van der Waals surface area contributed by atoms with Gasteiger partial charge in [0.05, 0.1) is 17.6 Å². The van der Waals surface area contributed by atoms with Gasteiger partial charge in [-0.25, -0.2) is 4.98 Å². The SMILES string of the molecule is C=CCc1ccccc1OCCn1c(C)nc2ccccc21. The Kier molecular flexibility index (Phi) is 4.24. The topological polar surface area (TPSA) is 27.1 Å². The van der Waals surface area contributed by atoms with Gasteiger partial charge in [0.1, 0.15) is 18.2 Å². The van der Waals surface area contributed by atoms with Crippen LogP contribution in [0.1, 0.15) is 11.4 Å². The van der Waals surface area contributed by atoms with Crippen LogP contribution in [-0.4, -0.2) is 16.2 Å². The van der Waals surface area contributed by atoms with Crippen LogP contribution in [0, 0.1) is 6.92 Å². The van der Waals surface area contributed by atoms with Gasteiger partial charge in [-0.1, -0.05) is 36.4 Å². The zero-order valence-corrected chi connectivity index (χ0v) is 12.8. The van der Waals surface area contributed by atoms with Crippen LogP contribution < -0.4 is 4.74 Å². The van der Waals surface area contributed by atoms with Crippen molar-refractivity contribution in [3.05, 3.63) is 72.6 Å². The Bertz CT molecular complexity index is 789. The summed E-state index contributed by atoms with van der Waals surface area (Å²) in [5.74, 6) is 1.95. The maximum atomic E-state index is 5.97. The molecular weight excluding hydrogens is 272 g/mol. The maximum absolute atomic E-state index is 5.97.